The molecule has 0 spiro atoms. The molecule has 0 fully saturated rings. The lowest BCUT2D eigenvalue weighted by Gasteiger charge is -2.22. The van der Waals surface area contributed by atoms with Crippen molar-refractivity contribution < 1.29 is 13.9 Å². The number of carbonyl (C=O) groups excluding carboxylic acids is 1. The number of hydrogen-bond donors (Lipinski definition) is 1. The SMILES string of the molecule is COCC(=O)N[C@@H](CC(C)C)c1nnc2n1CCN(Cc1ccc(-c3ccc(Cl)cc3)o1)CC2. The maximum absolute atomic E-state index is 12.2. The predicted octanol–water partition coefficient (Wildman–Crippen LogP) is 4.10. The first-order valence-corrected chi connectivity index (χ1v) is 12.1. The van der Waals surface area contributed by atoms with Gasteiger partial charge in [0, 0.05) is 43.8 Å². The number of fused-ring (bicyclic) bond motifs is 1. The van der Waals surface area contributed by atoms with Crippen LogP contribution in [0.2, 0.25) is 5.02 Å². The molecule has 182 valence electrons. The maximum atomic E-state index is 12.2. The first kappa shape index (κ1) is 24.4. The first-order valence-electron chi connectivity index (χ1n) is 11.7. The summed E-state index contributed by atoms with van der Waals surface area (Å²) in [7, 11) is 1.52. The number of aromatic nitrogens is 3. The largest absolute Gasteiger partial charge is 0.460 e. The van der Waals surface area contributed by atoms with Crippen LogP contribution in [0, 0.1) is 5.92 Å². The van der Waals surface area contributed by atoms with E-state index < -0.39 is 0 Å². The van der Waals surface area contributed by atoms with Crippen LogP contribution in [0.1, 0.15) is 43.7 Å². The van der Waals surface area contributed by atoms with Gasteiger partial charge in [0.1, 0.15) is 24.0 Å². The number of carbonyl (C=O) groups is 1. The minimum atomic E-state index is -0.192. The molecule has 1 aromatic carbocycles. The monoisotopic (exact) mass is 485 g/mol. The fourth-order valence-electron chi connectivity index (χ4n) is 4.32. The van der Waals surface area contributed by atoms with E-state index >= 15 is 0 Å². The molecule has 0 saturated heterocycles. The van der Waals surface area contributed by atoms with E-state index in [1.165, 1.54) is 7.11 Å². The van der Waals surface area contributed by atoms with E-state index in [0.717, 1.165) is 67.8 Å². The third-order valence-corrected chi connectivity index (χ3v) is 6.20. The molecule has 1 amide bonds. The van der Waals surface area contributed by atoms with Crippen molar-refractivity contribution in [3.8, 4) is 11.3 Å². The number of nitrogens with one attached hydrogen (secondary N) is 1. The molecule has 0 unspecified atom stereocenters. The topological polar surface area (TPSA) is 85.4 Å². The molecule has 34 heavy (non-hydrogen) atoms. The summed E-state index contributed by atoms with van der Waals surface area (Å²) in [5, 5.41) is 12.7. The Balaban J connectivity index is 1.43. The molecule has 2 aromatic heterocycles. The second-order valence-electron chi connectivity index (χ2n) is 9.11. The molecule has 0 radical (unpaired) electrons. The fourth-order valence-corrected chi connectivity index (χ4v) is 4.45. The molecule has 0 bridgehead atoms. The Kier molecular flexibility index (Phi) is 8.03. The van der Waals surface area contributed by atoms with E-state index in [9.17, 15) is 4.79 Å². The zero-order valence-electron chi connectivity index (χ0n) is 20.0. The molecule has 1 aliphatic rings. The van der Waals surface area contributed by atoms with E-state index in [2.05, 4.69) is 38.8 Å². The van der Waals surface area contributed by atoms with Gasteiger partial charge in [0.15, 0.2) is 5.82 Å². The number of rotatable bonds is 9. The summed E-state index contributed by atoms with van der Waals surface area (Å²) in [4.78, 5) is 14.6. The molecular formula is C25H32ClN5O3. The van der Waals surface area contributed by atoms with Crippen molar-refractivity contribution >= 4 is 17.5 Å². The van der Waals surface area contributed by atoms with Crippen LogP contribution in [0.3, 0.4) is 0 Å². The minimum Gasteiger partial charge on any atom is -0.460 e. The van der Waals surface area contributed by atoms with Gasteiger partial charge in [0.25, 0.3) is 0 Å². The number of furan rings is 1. The second kappa shape index (κ2) is 11.2. The van der Waals surface area contributed by atoms with Crippen molar-refractivity contribution in [3.63, 3.8) is 0 Å². The Morgan fingerprint density at radius 2 is 1.94 bits per heavy atom. The lowest BCUT2D eigenvalue weighted by molar-refractivity contribution is -0.125. The van der Waals surface area contributed by atoms with Crippen molar-refractivity contribution in [3.05, 3.63) is 58.8 Å². The van der Waals surface area contributed by atoms with Gasteiger partial charge in [-0.2, -0.15) is 0 Å². The number of benzene rings is 1. The van der Waals surface area contributed by atoms with Crippen LogP contribution in [-0.2, 0) is 29.0 Å². The Morgan fingerprint density at radius 3 is 2.68 bits per heavy atom. The van der Waals surface area contributed by atoms with Gasteiger partial charge >= 0.3 is 0 Å². The molecule has 1 aliphatic heterocycles. The van der Waals surface area contributed by atoms with E-state index in [0.29, 0.717) is 10.9 Å². The molecule has 1 atom stereocenters. The van der Waals surface area contributed by atoms with Gasteiger partial charge in [-0.1, -0.05) is 25.4 Å². The number of nitrogens with zero attached hydrogens (tertiary/aromatic N) is 4. The highest BCUT2D eigenvalue weighted by molar-refractivity contribution is 6.30. The normalized spacial score (nSPS) is 15.2. The van der Waals surface area contributed by atoms with Gasteiger partial charge in [0.05, 0.1) is 12.6 Å². The van der Waals surface area contributed by atoms with Crippen LogP contribution >= 0.6 is 11.6 Å². The Labute approximate surface area is 205 Å². The molecule has 4 rings (SSSR count). The van der Waals surface area contributed by atoms with Crippen LogP contribution in [0.25, 0.3) is 11.3 Å². The summed E-state index contributed by atoms with van der Waals surface area (Å²) in [6, 6.07) is 11.5. The van der Waals surface area contributed by atoms with Crippen LogP contribution < -0.4 is 5.32 Å². The molecule has 8 nitrogen and oxygen atoms in total. The third-order valence-electron chi connectivity index (χ3n) is 5.95. The predicted molar refractivity (Wildman–Crippen MR) is 130 cm³/mol. The lowest BCUT2D eigenvalue weighted by atomic mass is 10.0. The van der Waals surface area contributed by atoms with Crippen LogP contribution in [0.5, 0.6) is 0 Å². The lowest BCUT2D eigenvalue weighted by Crippen LogP contribution is -2.34. The second-order valence-corrected chi connectivity index (χ2v) is 9.54. The van der Waals surface area contributed by atoms with Gasteiger partial charge in [-0.25, -0.2) is 0 Å². The molecule has 3 aromatic rings. The van der Waals surface area contributed by atoms with Crippen LogP contribution in [-0.4, -0.2) is 52.4 Å². The average molecular weight is 486 g/mol. The van der Waals surface area contributed by atoms with Gasteiger partial charge in [-0.3, -0.25) is 9.69 Å². The van der Waals surface area contributed by atoms with Crippen molar-refractivity contribution in [2.24, 2.45) is 5.92 Å². The summed E-state index contributed by atoms with van der Waals surface area (Å²) in [6.07, 6.45) is 1.58. The molecule has 1 N–H and O–H groups in total. The highest BCUT2D eigenvalue weighted by atomic mass is 35.5. The highest BCUT2D eigenvalue weighted by Gasteiger charge is 2.26. The fraction of sp³-hybridized carbons (Fsp3) is 0.480. The molecular weight excluding hydrogens is 454 g/mol. The number of amides is 1. The van der Waals surface area contributed by atoms with E-state index in [4.69, 9.17) is 20.8 Å². The van der Waals surface area contributed by atoms with Gasteiger partial charge in [-0.05, 0) is 48.7 Å². The molecule has 0 aliphatic carbocycles. The number of halogens is 1. The number of ether oxygens (including phenoxy) is 1. The molecule has 3 heterocycles. The Morgan fingerprint density at radius 1 is 1.15 bits per heavy atom. The number of hydrogen-bond acceptors (Lipinski definition) is 6. The smallest absolute Gasteiger partial charge is 0.246 e. The summed E-state index contributed by atoms with van der Waals surface area (Å²) >= 11 is 6.00. The summed E-state index contributed by atoms with van der Waals surface area (Å²) in [6.45, 7) is 7.50. The Hall–Kier alpha value is -2.68. The Bertz CT molecular complexity index is 1090. The standard InChI is InChI=1S/C25H32ClN5O3/c1-17(2)14-21(27-24(32)16-33-3)25-29-28-23-10-11-30(12-13-31(23)25)15-20-8-9-22(34-20)18-4-6-19(26)7-5-18/h4-9,17,21H,10-16H2,1-3H3,(H,27,32)/t21-/m0/s1. The van der Waals surface area contributed by atoms with Gasteiger partial charge < -0.3 is 19.0 Å². The maximum Gasteiger partial charge on any atom is 0.246 e. The van der Waals surface area contributed by atoms with Crippen molar-refractivity contribution in [1.29, 1.82) is 0 Å². The summed E-state index contributed by atoms with van der Waals surface area (Å²) in [5.74, 6) is 3.79. The van der Waals surface area contributed by atoms with Crippen molar-refractivity contribution in [1.82, 2.24) is 25.0 Å². The molecule has 0 saturated carbocycles. The van der Waals surface area contributed by atoms with Crippen LogP contribution in [0.4, 0.5) is 0 Å². The van der Waals surface area contributed by atoms with E-state index in [1.54, 1.807) is 0 Å². The summed E-state index contributed by atoms with van der Waals surface area (Å²) in [5.41, 5.74) is 1.01. The van der Waals surface area contributed by atoms with E-state index in [-0.39, 0.29) is 18.6 Å². The molecule has 9 heteroatoms. The van der Waals surface area contributed by atoms with Crippen molar-refractivity contribution in [2.45, 2.75) is 45.8 Å². The van der Waals surface area contributed by atoms with Crippen molar-refractivity contribution in [2.75, 3.05) is 26.8 Å². The zero-order valence-corrected chi connectivity index (χ0v) is 20.7. The highest BCUT2D eigenvalue weighted by Crippen LogP contribution is 2.26. The van der Waals surface area contributed by atoms with E-state index in [1.807, 2.05) is 36.4 Å². The average Bonchev–Trinajstić information content (AvgIpc) is 3.37. The third kappa shape index (κ3) is 6.05. The summed E-state index contributed by atoms with van der Waals surface area (Å²) < 4.78 is 13.3. The van der Waals surface area contributed by atoms with Crippen LogP contribution in [0.15, 0.2) is 40.8 Å². The number of methoxy groups -OCH3 is 1. The first-order chi connectivity index (χ1) is 16.4. The minimum absolute atomic E-state index is 0.0323. The zero-order chi connectivity index (χ0) is 24.1. The van der Waals surface area contributed by atoms with Gasteiger partial charge in [0.2, 0.25) is 5.91 Å². The quantitative estimate of drug-likeness (QED) is 0.491. The van der Waals surface area contributed by atoms with Gasteiger partial charge in [-0.15, -0.1) is 10.2 Å².